The van der Waals surface area contributed by atoms with Crippen LogP contribution in [0.3, 0.4) is 0 Å². The zero-order valence-electron chi connectivity index (χ0n) is 29.0. The maximum Gasteiger partial charge on any atom is 0.188 e. The number of rotatable bonds is 12. The number of halogens is 2. The van der Waals surface area contributed by atoms with E-state index in [0.717, 1.165) is 34.8 Å². The Morgan fingerprint density at radius 2 is 1.38 bits per heavy atom. The average Bonchev–Trinajstić information content (AvgIpc) is 3.15. The number of benzene rings is 4. The summed E-state index contributed by atoms with van der Waals surface area (Å²) in [6.07, 6.45) is 0.720. The summed E-state index contributed by atoms with van der Waals surface area (Å²) in [7, 11) is -1.05. The van der Waals surface area contributed by atoms with Crippen molar-refractivity contribution in [3.63, 3.8) is 0 Å². The Morgan fingerprint density at radius 3 is 1.94 bits per heavy atom. The van der Waals surface area contributed by atoms with Crippen molar-refractivity contribution in [2.45, 2.75) is 62.3 Å². The van der Waals surface area contributed by atoms with Gasteiger partial charge in [-0.2, -0.15) is 0 Å². The second-order valence-electron chi connectivity index (χ2n) is 12.5. The van der Waals surface area contributed by atoms with E-state index < -0.39 is 38.1 Å². The molecule has 3 atom stereocenters. The number of hydrogen-bond acceptors (Lipinski definition) is 7. The molecule has 4 aromatic rings. The molecule has 10 heteroatoms. The molecule has 0 bridgehead atoms. The lowest BCUT2D eigenvalue weighted by molar-refractivity contribution is -0.129. The molecule has 2 aliphatic rings. The molecule has 50 heavy (non-hydrogen) atoms. The van der Waals surface area contributed by atoms with Crippen LogP contribution in [0.2, 0.25) is 0 Å². The first-order valence-corrected chi connectivity index (χ1v) is 18.6. The molecule has 0 aromatic heterocycles. The highest BCUT2D eigenvalue weighted by molar-refractivity contribution is 7.92. The van der Waals surface area contributed by atoms with Crippen LogP contribution in [0.1, 0.15) is 56.2 Å². The summed E-state index contributed by atoms with van der Waals surface area (Å²) in [6, 6.07) is 25.4. The highest BCUT2D eigenvalue weighted by Gasteiger charge is 2.62. The van der Waals surface area contributed by atoms with Crippen LogP contribution in [-0.2, 0) is 32.5 Å². The molecule has 266 valence electrons. The van der Waals surface area contributed by atoms with E-state index in [-0.39, 0.29) is 41.4 Å². The van der Waals surface area contributed by atoms with Crippen molar-refractivity contribution in [2.24, 2.45) is 11.8 Å². The van der Waals surface area contributed by atoms with Crippen molar-refractivity contribution in [3.8, 4) is 17.2 Å². The number of ketones is 1. The molecular formula is C40H45F2NO6S. The normalized spacial score (nSPS) is 19.8. The Bertz CT molecular complexity index is 1800. The largest absolute Gasteiger partial charge is 0.497 e. The maximum absolute atomic E-state index is 15.8. The van der Waals surface area contributed by atoms with E-state index in [9.17, 15) is 13.2 Å². The number of methoxy groups -OCH3 is 2. The molecule has 0 amide bonds. The van der Waals surface area contributed by atoms with E-state index >= 15 is 8.78 Å². The van der Waals surface area contributed by atoms with Crippen LogP contribution in [0.15, 0.2) is 95.9 Å². The van der Waals surface area contributed by atoms with Gasteiger partial charge in [0, 0.05) is 31.3 Å². The number of sulfone groups is 1. The van der Waals surface area contributed by atoms with Gasteiger partial charge in [0.15, 0.2) is 21.4 Å². The van der Waals surface area contributed by atoms with Gasteiger partial charge in [-0.25, -0.2) is 17.2 Å². The monoisotopic (exact) mass is 705 g/mol. The molecule has 6 rings (SSSR count). The van der Waals surface area contributed by atoms with E-state index in [1.165, 1.54) is 12.1 Å². The molecule has 1 heterocycles. The van der Waals surface area contributed by atoms with Crippen molar-refractivity contribution in [1.29, 1.82) is 0 Å². The van der Waals surface area contributed by atoms with Crippen molar-refractivity contribution in [2.75, 3.05) is 27.4 Å². The third kappa shape index (κ3) is 7.28. The van der Waals surface area contributed by atoms with E-state index in [1.807, 2.05) is 62.4 Å². The quantitative estimate of drug-likeness (QED) is 0.147. The van der Waals surface area contributed by atoms with E-state index in [0.29, 0.717) is 32.5 Å². The molecule has 0 saturated heterocycles. The Kier molecular flexibility index (Phi) is 12.0. The number of fused-ring (bicyclic) bond motifs is 3. The number of Topliss-reactive ketones (excluding diaryl/α,β-unsaturated/α-hetero) is 1. The van der Waals surface area contributed by atoms with Gasteiger partial charge in [0.2, 0.25) is 0 Å². The maximum atomic E-state index is 15.8. The smallest absolute Gasteiger partial charge is 0.188 e. The van der Waals surface area contributed by atoms with E-state index in [4.69, 9.17) is 14.2 Å². The number of carbonyl (C=O) groups excluding carboxylic acids is 1. The zero-order valence-corrected chi connectivity index (χ0v) is 29.8. The minimum Gasteiger partial charge on any atom is -0.497 e. The van der Waals surface area contributed by atoms with Gasteiger partial charge in [0.1, 0.15) is 27.8 Å². The lowest BCUT2D eigenvalue weighted by Crippen LogP contribution is -2.56. The van der Waals surface area contributed by atoms with E-state index in [1.54, 1.807) is 32.4 Å². The Hall–Kier alpha value is -4.28. The molecule has 1 saturated carbocycles. The summed E-state index contributed by atoms with van der Waals surface area (Å²) in [5, 5.41) is 0. The SMILES string of the molecule is CC.COc1ccc(CN(CCC[C@@H]2C(=O)CC[C@@]3(S(=O)(=O)c4ccccc4)c4c(F)ccc(F)c4OC[C@@H]23)Cc2ccc(OC)cc2)cc1. The molecule has 1 aliphatic carbocycles. The number of ether oxygens (including phenoxy) is 3. The predicted octanol–water partition coefficient (Wildman–Crippen LogP) is 8.15. The van der Waals surface area contributed by atoms with Gasteiger partial charge < -0.3 is 14.2 Å². The van der Waals surface area contributed by atoms with Crippen molar-refractivity contribution >= 4 is 15.6 Å². The van der Waals surface area contributed by atoms with Gasteiger partial charge in [0.25, 0.3) is 0 Å². The molecule has 7 nitrogen and oxygen atoms in total. The van der Waals surface area contributed by atoms with Crippen LogP contribution in [0.4, 0.5) is 8.78 Å². The van der Waals surface area contributed by atoms with Crippen LogP contribution < -0.4 is 14.2 Å². The molecule has 1 aliphatic heterocycles. The van der Waals surface area contributed by atoms with Crippen LogP contribution in [0.5, 0.6) is 17.2 Å². The molecule has 0 N–H and O–H groups in total. The highest BCUT2D eigenvalue weighted by atomic mass is 32.2. The first kappa shape index (κ1) is 37.0. The summed E-state index contributed by atoms with van der Waals surface area (Å²) in [4.78, 5) is 15.9. The molecule has 4 aromatic carbocycles. The van der Waals surface area contributed by atoms with Crippen LogP contribution in [0, 0.1) is 23.5 Å². The summed E-state index contributed by atoms with van der Waals surface area (Å²) in [5.74, 6) is -2.25. The molecule has 0 radical (unpaired) electrons. The third-order valence-corrected chi connectivity index (χ3v) is 12.3. The van der Waals surface area contributed by atoms with E-state index in [2.05, 4.69) is 4.90 Å². The van der Waals surface area contributed by atoms with Gasteiger partial charge in [-0.3, -0.25) is 9.69 Å². The highest BCUT2D eigenvalue weighted by Crippen LogP contribution is 2.58. The van der Waals surface area contributed by atoms with Gasteiger partial charge >= 0.3 is 0 Å². The molecule has 0 unspecified atom stereocenters. The third-order valence-electron chi connectivity index (χ3n) is 9.78. The number of nitrogens with zero attached hydrogens (tertiary/aromatic N) is 1. The van der Waals surface area contributed by atoms with Crippen molar-refractivity contribution in [3.05, 3.63) is 119 Å². The van der Waals surface area contributed by atoms with Gasteiger partial charge in [-0.15, -0.1) is 0 Å². The van der Waals surface area contributed by atoms with Crippen LogP contribution in [0.25, 0.3) is 0 Å². The second kappa shape index (κ2) is 16.2. The fraction of sp³-hybridized carbons (Fsp3) is 0.375. The second-order valence-corrected chi connectivity index (χ2v) is 14.7. The van der Waals surface area contributed by atoms with Crippen molar-refractivity contribution < 1.29 is 36.2 Å². The number of hydrogen-bond donors (Lipinski definition) is 0. The zero-order chi connectivity index (χ0) is 35.9. The summed E-state index contributed by atoms with van der Waals surface area (Å²) in [6.45, 7) is 5.65. The summed E-state index contributed by atoms with van der Waals surface area (Å²) < 4.78 is 74.7. The van der Waals surface area contributed by atoms with Crippen molar-refractivity contribution in [1.82, 2.24) is 4.90 Å². The fourth-order valence-corrected chi connectivity index (χ4v) is 9.80. The lowest BCUT2D eigenvalue weighted by atomic mass is 9.65. The minimum atomic E-state index is -4.30. The van der Waals surface area contributed by atoms with Crippen LogP contribution in [-0.4, -0.2) is 46.5 Å². The van der Waals surface area contributed by atoms with Gasteiger partial charge in [-0.05, 0) is 85.5 Å². The molecule has 1 fully saturated rings. The summed E-state index contributed by atoms with van der Waals surface area (Å²) in [5.41, 5.74) is 1.86. The lowest BCUT2D eigenvalue weighted by Gasteiger charge is -2.49. The molecule has 0 spiro atoms. The molecular weight excluding hydrogens is 661 g/mol. The average molecular weight is 706 g/mol. The first-order chi connectivity index (χ1) is 24.2. The standard InChI is InChI=1S/C38H39F2NO6S.C2H6/c1-45-28-14-10-26(11-15-28)23-41(24-27-12-16-29(46-2)17-13-27)22-6-9-31-32-25-47-37-34(40)19-18-33(39)36(37)38(32,21-20-35(31)42)48(43,44)30-7-4-3-5-8-30;1-2/h3-5,7-8,10-19,31-32H,6,9,20-25H2,1-2H3;1-2H3/t31-,32-,38-;/m0./s1. The Labute approximate surface area is 294 Å². The first-order valence-electron chi connectivity index (χ1n) is 17.1. The number of carbonyl (C=O) groups is 1. The Morgan fingerprint density at radius 1 is 0.820 bits per heavy atom. The minimum absolute atomic E-state index is 0.00442. The fourth-order valence-electron chi connectivity index (χ4n) is 7.40. The predicted molar refractivity (Wildman–Crippen MR) is 189 cm³/mol. The summed E-state index contributed by atoms with van der Waals surface area (Å²) >= 11 is 0. The Balaban J connectivity index is 0.00000239. The topological polar surface area (TPSA) is 82.1 Å². The van der Waals surface area contributed by atoms with Crippen LogP contribution >= 0.6 is 0 Å². The van der Waals surface area contributed by atoms with Gasteiger partial charge in [0.05, 0.1) is 31.3 Å². The van der Waals surface area contributed by atoms with Gasteiger partial charge in [-0.1, -0.05) is 56.3 Å².